The molecule has 1 fully saturated rings. The summed E-state index contributed by atoms with van der Waals surface area (Å²) in [6.07, 6.45) is 9.83. The smallest absolute Gasteiger partial charge is 0.261 e. The zero-order valence-corrected chi connectivity index (χ0v) is 17.8. The molecule has 2 rings (SSSR count). The molecule has 1 aromatic rings. The van der Waals surface area contributed by atoms with Crippen LogP contribution in [0.2, 0.25) is 0 Å². The lowest BCUT2D eigenvalue weighted by molar-refractivity contribution is 0.0973. The monoisotopic (exact) mass is 461 g/mol. The van der Waals surface area contributed by atoms with E-state index >= 15 is 0 Å². The fraction of sp³-hybridized carbons (Fsp3) is 0.474. The molecule has 152 valence electrons. The first-order valence-electron chi connectivity index (χ1n) is 8.78. The Hall–Kier alpha value is -1.57. The van der Waals surface area contributed by atoms with E-state index in [2.05, 4.69) is 32.8 Å². The summed E-state index contributed by atoms with van der Waals surface area (Å²) in [5.74, 6) is 0.331. The SMILES string of the molecule is C=CCOc1ccc(Br)cc1C(=O)NC(N)=NC1CCCCCCC1.Cl.O. The van der Waals surface area contributed by atoms with Crippen molar-refractivity contribution in [2.24, 2.45) is 10.7 Å². The highest BCUT2D eigenvalue weighted by atomic mass is 79.9. The van der Waals surface area contributed by atoms with Crippen molar-refractivity contribution in [1.82, 2.24) is 5.32 Å². The second-order valence-electron chi connectivity index (χ2n) is 6.21. The maximum Gasteiger partial charge on any atom is 0.261 e. The van der Waals surface area contributed by atoms with Gasteiger partial charge in [-0.15, -0.1) is 12.4 Å². The van der Waals surface area contributed by atoms with Gasteiger partial charge in [-0.1, -0.05) is 60.7 Å². The Kier molecular flexibility index (Phi) is 12.8. The quantitative estimate of drug-likeness (QED) is 0.395. The fourth-order valence-electron chi connectivity index (χ4n) is 2.93. The van der Waals surface area contributed by atoms with Gasteiger partial charge in [0.05, 0.1) is 11.6 Å². The van der Waals surface area contributed by atoms with Gasteiger partial charge in [-0.25, -0.2) is 4.99 Å². The van der Waals surface area contributed by atoms with E-state index in [1.807, 2.05) is 6.07 Å². The number of ether oxygens (including phenoxy) is 1. The molecule has 1 aliphatic rings. The van der Waals surface area contributed by atoms with E-state index in [1.54, 1.807) is 18.2 Å². The molecule has 5 N–H and O–H groups in total. The van der Waals surface area contributed by atoms with Gasteiger partial charge in [-0.2, -0.15) is 0 Å². The minimum Gasteiger partial charge on any atom is -0.489 e. The Balaban J connectivity index is 0.00000338. The van der Waals surface area contributed by atoms with Crippen LogP contribution in [0.25, 0.3) is 0 Å². The first-order chi connectivity index (χ1) is 12.1. The second kappa shape index (κ2) is 13.6. The Labute approximate surface area is 175 Å². The van der Waals surface area contributed by atoms with Crippen LogP contribution in [-0.2, 0) is 0 Å². The van der Waals surface area contributed by atoms with Crippen LogP contribution in [0.3, 0.4) is 0 Å². The number of amides is 1. The van der Waals surface area contributed by atoms with Crippen molar-refractivity contribution in [2.45, 2.75) is 51.0 Å². The number of nitrogens with one attached hydrogen (secondary N) is 1. The number of carbonyl (C=O) groups excluding carboxylic acids is 1. The fourth-order valence-corrected chi connectivity index (χ4v) is 3.29. The molecule has 0 radical (unpaired) electrons. The number of nitrogens with zero attached hydrogens (tertiary/aromatic N) is 1. The highest BCUT2D eigenvalue weighted by Gasteiger charge is 2.16. The molecule has 0 bridgehead atoms. The normalized spacial score (nSPS) is 15.4. The number of halogens is 2. The van der Waals surface area contributed by atoms with Gasteiger partial charge in [-0.05, 0) is 31.0 Å². The van der Waals surface area contributed by atoms with Crippen molar-refractivity contribution in [3.63, 3.8) is 0 Å². The molecule has 1 aromatic carbocycles. The van der Waals surface area contributed by atoms with Gasteiger partial charge in [0.2, 0.25) is 0 Å². The number of hydrogen-bond donors (Lipinski definition) is 2. The van der Waals surface area contributed by atoms with Gasteiger partial charge >= 0.3 is 0 Å². The molecule has 1 saturated carbocycles. The van der Waals surface area contributed by atoms with Gasteiger partial charge < -0.3 is 15.9 Å². The van der Waals surface area contributed by atoms with Crippen LogP contribution in [0, 0.1) is 0 Å². The molecular weight excluding hydrogens is 434 g/mol. The minimum absolute atomic E-state index is 0. The standard InChI is InChI=1S/C19H26BrN3O2.ClH.H2O/c1-2-12-25-17-11-10-14(20)13-16(17)18(24)23-19(21)22-15-8-6-4-3-5-7-9-15;;/h2,10-11,13,15H,1,3-9,12H2,(H3,21,22,23,24);1H;1H2. The molecule has 0 heterocycles. The third-order valence-corrected chi connectivity index (χ3v) is 4.67. The first kappa shape index (κ1) is 25.4. The van der Waals surface area contributed by atoms with Crippen LogP contribution < -0.4 is 15.8 Å². The number of benzene rings is 1. The summed E-state index contributed by atoms with van der Waals surface area (Å²) in [5.41, 5.74) is 6.38. The molecule has 1 amide bonds. The summed E-state index contributed by atoms with van der Waals surface area (Å²) in [5, 5.41) is 2.69. The number of nitrogens with two attached hydrogens (primary N) is 1. The molecule has 6 nitrogen and oxygen atoms in total. The van der Waals surface area contributed by atoms with Gasteiger partial charge in [0.15, 0.2) is 5.96 Å². The molecular formula is C19H29BrClN3O3. The van der Waals surface area contributed by atoms with Crippen LogP contribution in [0.1, 0.15) is 55.3 Å². The summed E-state index contributed by atoms with van der Waals surface area (Å²) in [6.45, 7) is 3.95. The third-order valence-electron chi connectivity index (χ3n) is 4.18. The van der Waals surface area contributed by atoms with Crippen LogP contribution in [0.15, 0.2) is 40.3 Å². The average molecular weight is 463 g/mol. The number of aliphatic imine (C=N–C) groups is 1. The van der Waals surface area contributed by atoms with Gasteiger partial charge in [0.25, 0.3) is 5.91 Å². The van der Waals surface area contributed by atoms with Crippen molar-refractivity contribution in [3.8, 4) is 5.75 Å². The molecule has 0 spiro atoms. The molecule has 0 aromatic heterocycles. The summed E-state index contributed by atoms with van der Waals surface area (Å²) < 4.78 is 6.33. The van der Waals surface area contributed by atoms with Crippen LogP contribution in [0.4, 0.5) is 0 Å². The Bertz CT molecular complexity index is 633. The lowest BCUT2D eigenvalue weighted by Crippen LogP contribution is -2.38. The van der Waals surface area contributed by atoms with Crippen molar-refractivity contribution >= 4 is 40.2 Å². The molecule has 0 atom stereocenters. The van der Waals surface area contributed by atoms with Crippen molar-refractivity contribution < 1.29 is 15.0 Å². The maximum atomic E-state index is 12.6. The lowest BCUT2D eigenvalue weighted by Gasteiger charge is -2.17. The number of hydrogen-bond acceptors (Lipinski definition) is 3. The molecule has 0 unspecified atom stereocenters. The Morgan fingerprint density at radius 2 is 1.93 bits per heavy atom. The van der Waals surface area contributed by atoms with Gasteiger partial charge in [-0.3, -0.25) is 10.1 Å². The first-order valence-corrected chi connectivity index (χ1v) is 9.57. The predicted molar refractivity (Wildman–Crippen MR) is 116 cm³/mol. The lowest BCUT2D eigenvalue weighted by atomic mass is 9.97. The van der Waals surface area contributed by atoms with Crippen LogP contribution in [0.5, 0.6) is 5.75 Å². The summed E-state index contributed by atoms with van der Waals surface area (Å²) >= 11 is 3.38. The Morgan fingerprint density at radius 1 is 1.30 bits per heavy atom. The number of carbonyl (C=O) groups is 1. The largest absolute Gasteiger partial charge is 0.489 e. The summed E-state index contributed by atoms with van der Waals surface area (Å²) in [6, 6.07) is 5.46. The van der Waals surface area contributed by atoms with E-state index in [9.17, 15) is 4.79 Å². The van der Waals surface area contributed by atoms with Crippen LogP contribution in [-0.4, -0.2) is 30.0 Å². The number of guanidine groups is 1. The minimum atomic E-state index is -0.326. The van der Waals surface area contributed by atoms with Crippen molar-refractivity contribution in [1.29, 1.82) is 0 Å². The van der Waals surface area contributed by atoms with E-state index in [-0.39, 0.29) is 35.8 Å². The van der Waals surface area contributed by atoms with Crippen LogP contribution >= 0.6 is 28.3 Å². The van der Waals surface area contributed by atoms with E-state index in [0.29, 0.717) is 17.9 Å². The second-order valence-corrected chi connectivity index (χ2v) is 7.12. The molecule has 8 heteroatoms. The topological polar surface area (TPSA) is 108 Å². The zero-order valence-electron chi connectivity index (χ0n) is 15.4. The third kappa shape index (κ3) is 8.77. The Morgan fingerprint density at radius 3 is 2.56 bits per heavy atom. The maximum absolute atomic E-state index is 12.6. The molecule has 0 aliphatic heterocycles. The van der Waals surface area contributed by atoms with E-state index in [0.717, 1.165) is 17.3 Å². The predicted octanol–water partition coefficient (Wildman–Crippen LogP) is 3.77. The van der Waals surface area contributed by atoms with E-state index in [1.165, 1.54) is 32.1 Å². The summed E-state index contributed by atoms with van der Waals surface area (Å²) in [4.78, 5) is 17.1. The van der Waals surface area contributed by atoms with Crippen molar-refractivity contribution in [3.05, 3.63) is 40.9 Å². The highest BCUT2D eigenvalue weighted by Crippen LogP contribution is 2.23. The summed E-state index contributed by atoms with van der Waals surface area (Å²) in [7, 11) is 0. The van der Waals surface area contributed by atoms with E-state index in [4.69, 9.17) is 10.5 Å². The van der Waals surface area contributed by atoms with Crippen molar-refractivity contribution in [2.75, 3.05) is 6.61 Å². The van der Waals surface area contributed by atoms with Gasteiger partial charge in [0.1, 0.15) is 12.4 Å². The van der Waals surface area contributed by atoms with Gasteiger partial charge in [0, 0.05) is 4.47 Å². The highest BCUT2D eigenvalue weighted by molar-refractivity contribution is 9.10. The average Bonchev–Trinajstić information content (AvgIpc) is 2.56. The zero-order chi connectivity index (χ0) is 18.1. The number of rotatable bonds is 5. The molecule has 27 heavy (non-hydrogen) atoms. The van der Waals surface area contributed by atoms with E-state index < -0.39 is 0 Å². The molecule has 0 saturated heterocycles. The molecule has 1 aliphatic carbocycles.